The topological polar surface area (TPSA) is 58.9 Å². The molecule has 0 saturated heterocycles. The van der Waals surface area contributed by atoms with Crippen LogP contribution < -0.4 is 0 Å². The maximum atomic E-state index is 9.10. The van der Waals surface area contributed by atoms with Gasteiger partial charge < -0.3 is 19.7 Å². The predicted octanol–water partition coefficient (Wildman–Crippen LogP) is -0.0137. The number of hydrogen-bond acceptors (Lipinski definition) is 4. The quantitative estimate of drug-likeness (QED) is 0.425. The average molecular weight is 178 g/mol. The minimum Gasteiger partial charge on any atom is -0.394 e. The van der Waals surface area contributed by atoms with Crippen LogP contribution in [0.5, 0.6) is 0 Å². The minimum absolute atomic E-state index is 0.0309. The summed E-state index contributed by atoms with van der Waals surface area (Å²) in [7, 11) is 0. The van der Waals surface area contributed by atoms with Gasteiger partial charge in [0, 0.05) is 0 Å². The van der Waals surface area contributed by atoms with Gasteiger partial charge in [0.25, 0.3) is 0 Å². The van der Waals surface area contributed by atoms with Crippen LogP contribution in [0.3, 0.4) is 0 Å². The molecular formula is C8H18O4. The first-order valence-electron chi connectivity index (χ1n) is 4.15. The standard InChI is InChI=1S/C8H18O4/c1-7(2)5-12-8(10)6-11-4-3-9/h7-10H,3-6H2,1-2H3. The van der Waals surface area contributed by atoms with Gasteiger partial charge in [-0.15, -0.1) is 0 Å². The number of rotatable bonds is 7. The van der Waals surface area contributed by atoms with Crippen LogP contribution in [0.4, 0.5) is 0 Å². The highest BCUT2D eigenvalue weighted by Crippen LogP contribution is 1.96. The lowest BCUT2D eigenvalue weighted by Gasteiger charge is -2.13. The minimum atomic E-state index is -0.876. The number of aliphatic hydroxyl groups excluding tert-OH is 2. The van der Waals surface area contributed by atoms with Gasteiger partial charge in [0.1, 0.15) is 0 Å². The Morgan fingerprint density at radius 2 is 1.92 bits per heavy atom. The van der Waals surface area contributed by atoms with Gasteiger partial charge in [-0.3, -0.25) is 0 Å². The van der Waals surface area contributed by atoms with Crippen LogP contribution in [0.25, 0.3) is 0 Å². The molecule has 0 amide bonds. The van der Waals surface area contributed by atoms with E-state index in [0.717, 1.165) is 0 Å². The second-order valence-electron chi connectivity index (χ2n) is 2.98. The van der Waals surface area contributed by atoms with Crippen molar-refractivity contribution in [3.05, 3.63) is 0 Å². The number of hydrogen-bond donors (Lipinski definition) is 2. The summed E-state index contributed by atoms with van der Waals surface area (Å²) in [5, 5.41) is 17.4. The Hall–Kier alpha value is -0.160. The van der Waals surface area contributed by atoms with Crippen molar-refractivity contribution >= 4 is 0 Å². The van der Waals surface area contributed by atoms with E-state index in [1.54, 1.807) is 0 Å². The molecule has 0 aromatic carbocycles. The van der Waals surface area contributed by atoms with Crippen molar-refractivity contribution < 1.29 is 19.7 Å². The molecule has 2 N–H and O–H groups in total. The molecule has 74 valence electrons. The Morgan fingerprint density at radius 3 is 2.42 bits per heavy atom. The van der Waals surface area contributed by atoms with Crippen molar-refractivity contribution in [1.82, 2.24) is 0 Å². The largest absolute Gasteiger partial charge is 0.394 e. The molecule has 0 aromatic rings. The summed E-state index contributed by atoms with van der Waals surface area (Å²) < 4.78 is 9.85. The zero-order chi connectivity index (χ0) is 9.40. The van der Waals surface area contributed by atoms with Gasteiger partial charge >= 0.3 is 0 Å². The summed E-state index contributed by atoms with van der Waals surface area (Å²) in [5.74, 6) is 0.400. The molecule has 4 heteroatoms. The van der Waals surface area contributed by atoms with Crippen molar-refractivity contribution in [2.24, 2.45) is 5.92 Å². The summed E-state index contributed by atoms with van der Waals surface area (Å²) in [4.78, 5) is 0. The molecule has 0 aromatic heterocycles. The van der Waals surface area contributed by atoms with E-state index < -0.39 is 6.29 Å². The first kappa shape index (κ1) is 11.8. The van der Waals surface area contributed by atoms with Crippen molar-refractivity contribution in [3.8, 4) is 0 Å². The van der Waals surface area contributed by atoms with E-state index in [1.165, 1.54) is 0 Å². The molecule has 4 nitrogen and oxygen atoms in total. The van der Waals surface area contributed by atoms with Crippen molar-refractivity contribution in [3.63, 3.8) is 0 Å². The third-order valence-electron chi connectivity index (χ3n) is 1.12. The lowest BCUT2D eigenvalue weighted by molar-refractivity contribution is -0.145. The monoisotopic (exact) mass is 178 g/mol. The van der Waals surface area contributed by atoms with Crippen LogP contribution in [-0.2, 0) is 9.47 Å². The van der Waals surface area contributed by atoms with Crippen LogP contribution >= 0.6 is 0 Å². The highest BCUT2D eigenvalue weighted by Gasteiger charge is 2.04. The summed E-state index contributed by atoms with van der Waals surface area (Å²) in [6, 6.07) is 0. The van der Waals surface area contributed by atoms with Gasteiger partial charge in [0.2, 0.25) is 0 Å². The van der Waals surface area contributed by atoms with E-state index in [1.807, 2.05) is 13.8 Å². The second-order valence-corrected chi connectivity index (χ2v) is 2.98. The van der Waals surface area contributed by atoms with Gasteiger partial charge in [-0.05, 0) is 5.92 Å². The average Bonchev–Trinajstić information content (AvgIpc) is 2.01. The summed E-state index contributed by atoms with van der Waals surface area (Å²) >= 11 is 0. The van der Waals surface area contributed by atoms with Gasteiger partial charge in [-0.25, -0.2) is 0 Å². The molecule has 0 saturated carbocycles. The second kappa shape index (κ2) is 7.49. The maximum Gasteiger partial charge on any atom is 0.178 e. The lowest BCUT2D eigenvalue weighted by atomic mass is 10.2. The van der Waals surface area contributed by atoms with Crippen LogP contribution in [0.2, 0.25) is 0 Å². The van der Waals surface area contributed by atoms with Gasteiger partial charge in [0.15, 0.2) is 6.29 Å². The van der Waals surface area contributed by atoms with E-state index in [0.29, 0.717) is 12.5 Å². The Morgan fingerprint density at radius 1 is 1.25 bits per heavy atom. The van der Waals surface area contributed by atoms with E-state index >= 15 is 0 Å². The SMILES string of the molecule is CC(C)COC(O)COCCO. The summed E-state index contributed by atoms with van der Waals surface area (Å²) in [6.07, 6.45) is -0.876. The Bertz CT molecular complexity index is 95.1. The van der Waals surface area contributed by atoms with Crippen LogP contribution in [0.1, 0.15) is 13.8 Å². The first-order chi connectivity index (χ1) is 5.66. The highest BCUT2D eigenvalue weighted by atomic mass is 16.6. The summed E-state index contributed by atoms with van der Waals surface area (Å²) in [6.45, 7) is 4.85. The zero-order valence-electron chi connectivity index (χ0n) is 7.69. The molecule has 0 heterocycles. The molecular weight excluding hydrogens is 160 g/mol. The first-order valence-corrected chi connectivity index (χ1v) is 4.15. The Kier molecular flexibility index (Phi) is 7.39. The van der Waals surface area contributed by atoms with Crippen molar-refractivity contribution in [1.29, 1.82) is 0 Å². The molecule has 0 aliphatic heterocycles. The zero-order valence-corrected chi connectivity index (χ0v) is 7.69. The van der Waals surface area contributed by atoms with Gasteiger partial charge in [0.05, 0.1) is 26.4 Å². The fraction of sp³-hybridized carbons (Fsp3) is 1.00. The molecule has 0 aliphatic carbocycles. The number of ether oxygens (including phenoxy) is 2. The molecule has 0 radical (unpaired) electrons. The van der Waals surface area contributed by atoms with Crippen molar-refractivity contribution in [2.45, 2.75) is 20.1 Å². The van der Waals surface area contributed by atoms with Crippen LogP contribution in [-0.4, -0.2) is 42.9 Å². The smallest absolute Gasteiger partial charge is 0.178 e. The maximum absolute atomic E-state index is 9.10. The predicted molar refractivity (Wildman–Crippen MR) is 44.7 cm³/mol. The Labute approximate surface area is 73.1 Å². The lowest BCUT2D eigenvalue weighted by Crippen LogP contribution is -2.22. The normalized spacial score (nSPS) is 13.8. The summed E-state index contributed by atoms with van der Waals surface area (Å²) in [5.41, 5.74) is 0. The van der Waals surface area contributed by atoms with Crippen molar-refractivity contribution in [2.75, 3.05) is 26.4 Å². The third-order valence-corrected chi connectivity index (χ3v) is 1.12. The van der Waals surface area contributed by atoms with Crippen LogP contribution in [0.15, 0.2) is 0 Å². The fourth-order valence-corrected chi connectivity index (χ4v) is 0.600. The fourth-order valence-electron chi connectivity index (χ4n) is 0.600. The number of aliphatic hydroxyl groups is 2. The molecule has 1 atom stereocenters. The molecule has 0 bridgehead atoms. The molecule has 0 rings (SSSR count). The van der Waals surface area contributed by atoms with E-state index in [4.69, 9.17) is 19.7 Å². The Balaban J connectivity index is 3.15. The van der Waals surface area contributed by atoms with E-state index in [9.17, 15) is 0 Å². The highest BCUT2D eigenvalue weighted by molar-refractivity contribution is 4.43. The van der Waals surface area contributed by atoms with Gasteiger partial charge in [-0.2, -0.15) is 0 Å². The van der Waals surface area contributed by atoms with Gasteiger partial charge in [-0.1, -0.05) is 13.8 Å². The molecule has 12 heavy (non-hydrogen) atoms. The third kappa shape index (κ3) is 7.94. The molecule has 0 fully saturated rings. The van der Waals surface area contributed by atoms with E-state index in [-0.39, 0.29) is 19.8 Å². The molecule has 0 aliphatic rings. The molecule has 1 unspecified atom stereocenters. The van der Waals surface area contributed by atoms with Crippen LogP contribution in [0, 0.1) is 5.92 Å². The van der Waals surface area contributed by atoms with E-state index in [2.05, 4.69) is 0 Å². The molecule has 0 spiro atoms.